The van der Waals surface area contributed by atoms with Gasteiger partial charge in [-0.25, -0.2) is 0 Å². The van der Waals surface area contributed by atoms with Crippen molar-refractivity contribution < 1.29 is 4.79 Å². The smallest absolute Gasteiger partial charge is 0.297 e. The highest BCUT2D eigenvalue weighted by Gasteiger charge is 2.18. The average Bonchev–Trinajstić information content (AvgIpc) is 2.53. The molecule has 0 atom stereocenters. The Balaban J connectivity index is 2.61. The standard InChI is InChI=1S/C13H15N3O2/c1-8-5-4-6-10(7-8)12(17)16-13(18)11(14)9(2)15(16)3/h4-7H,14H2,1-3H3. The summed E-state index contributed by atoms with van der Waals surface area (Å²) in [6.07, 6.45) is 0. The van der Waals surface area contributed by atoms with Crippen molar-refractivity contribution in [2.75, 3.05) is 5.73 Å². The zero-order valence-electron chi connectivity index (χ0n) is 10.6. The number of aromatic nitrogens is 2. The van der Waals surface area contributed by atoms with E-state index >= 15 is 0 Å². The topological polar surface area (TPSA) is 70.0 Å². The Kier molecular flexibility index (Phi) is 2.82. The quantitative estimate of drug-likeness (QED) is 0.817. The lowest BCUT2D eigenvalue weighted by atomic mass is 10.1. The molecule has 0 aliphatic heterocycles. The molecule has 0 radical (unpaired) electrons. The van der Waals surface area contributed by atoms with Gasteiger partial charge in [-0.1, -0.05) is 17.7 Å². The molecule has 18 heavy (non-hydrogen) atoms. The van der Waals surface area contributed by atoms with Crippen molar-refractivity contribution in [1.29, 1.82) is 0 Å². The monoisotopic (exact) mass is 245 g/mol. The first-order valence-corrected chi connectivity index (χ1v) is 5.59. The second kappa shape index (κ2) is 4.18. The SMILES string of the molecule is Cc1cccc(C(=O)n2c(=O)c(N)c(C)n2C)c1. The Labute approximate surface area is 104 Å². The van der Waals surface area contributed by atoms with Crippen molar-refractivity contribution >= 4 is 11.6 Å². The maximum atomic E-state index is 12.3. The van der Waals surface area contributed by atoms with E-state index < -0.39 is 5.56 Å². The first-order chi connectivity index (χ1) is 8.43. The van der Waals surface area contributed by atoms with Gasteiger partial charge in [0.1, 0.15) is 5.69 Å². The van der Waals surface area contributed by atoms with Gasteiger partial charge < -0.3 is 5.73 Å². The van der Waals surface area contributed by atoms with Crippen LogP contribution in [0.5, 0.6) is 0 Å². The van der Waals surface area contributed by atoms with Crippen molar-refractivity contribution in [3.05, 3.63) is 51.4 Å². The highest BCUT2D eigenvalue weighted by Crippen LogP contribution is 2.09. The molecule has 0 saturated carbocycles. The summed E-state index contributed by atoms with van der Waals surface area (Å²) in [4.78, 5) is 24.2. The fourth-order valence-corrected chi connectivity index (χ4v) is 1.86. The third kappa shape index (κ3) is 1.73. The Morgan fingerprint density at radius 1 is 1.28 bits per heavy atom. The zero-order valence-corrected chi connectivity index (χ0v) is 10.6. The van der Waals surface area contributed by atoms with Gasteiger partial charge in [0.25, 0.3) is 11.5 Å². The van der Waals surface area contributed by atoms with Gasteiger partial charge in [-0.2, -0.15) is 4.68 Å². The summed E-state index contributed by atoms with van der Waals surface area (Å²) < 4.78 is 2.53. The Morgan fingerprint density at radius 3 is 2.44 bits per heavy atom. The van der Waals surface area contributed by atoms with Crippen LogP contribution < -0.4 is 11.3 Å². The van der Waals surface area contributed by atoms with Crippen LogP contribution in [0.3, 0.4) is 0 Å². The molecule has 0 amide bonds. The minimum atomic E-state index is -0.471. The Bertz CT molecular complexity index is 680. The summed E-state index contributed by atoms with van der Waals surface area (Å²) in [6.45, 7) is 3.60. The molecule has 0 bridgehead atoms. The molecule has 0 saturated heterocycles. The summed E-state index contributed by atoms with van der Waals surface area (Å²) in [6, 6.07) is 7.10. The fourth-order valence-electron chi connectivity index (χ4n) is 1.86. The largest absolute Gasteiger partial charge is 0.393 e. The number of benzene rings is 1. The number of anilines is 1. The van der Waals surface area contributed by atoms with Gasteiger partial charge in [-0.15, -0.1) is 0 Å². The molecule has 1 heterocycles. The normalized spacial score (nSPS) is 10.6. The number of nitrogens with zero attached hydrogens (tertiary/aromatic N) is 2. The van der Waals surface area contributed by atoms with Gasteiger partial charge >= 0.3 is 0 Å². The minimum Gasteiger partial charge on any atom is -0.393 e. The third-order valence-electron chi connectivity index (χ3n) is 3.06. The molecule has 2 aromatic rings. The van der Waals surface area contributed by atoms with E-state index in [1.54, 1.807) is 32.2 Å². The van der Waals surface area contributed by atoms with Gasteiger partial charge in [0.2, 0.25) is 0 Å². The number of hydrogen-bond acceptors (Lipinski definition) is 3. The van der Waals surface area contributed by atoms with Crippen molar-refractivity contribution in [2.24, 2.45) is 7.05 Å². The number of nitrogen functional groups attached to an aromatic ring is 1. The van der Waals surface area contributed by atoms with Crippen molar-refractivity contribution in [3.63, 3.8) is 0 Å². The van der Waals surface area contributed by atoms with E-state index in [0.717, 1.165) is 10.2 Å². The predicted octanol–water partition coefficient (Wildman–Crippen LogP) is 1.07. The number of aryl methyl sites for hydroxylation is 1. The third-order valence-corrected chi connectivity index (χ3v) is 3.06. The van der Waals surface area contributed by atoms with Gasteiger partial charge in [0.15, 0.2) is 0 Å². The minimum absolute atomic E-state index is 0.110. The second-order valence-electron chi connectivity index (χ2n) is 4.31. The van der Waals surface area contributed by atoms with E-state index in [0.29, 0.717) is 11.3 Å². The highest BCUT2D eigenvalue weighted by atomic mass is 16.2. The predicted molar refractivity (Wildman–Crippen MR) is 69.7 cm³/mol. The van der Waals surface area contributed by atoms with Crippen molar-refractivity contribution in [3.8, 4) is 0 Å². The lowest BCUT2D eigenvalue weighted by Gasteiger charge is -2.07. The molecule has 0 fully saturated rings. The van der Waals surface area contributed by atoms with Gasteiger partial charge in [0.05, 0.1) is 5.69 Å². The molecule has 94 valence electrons. The van der Waals surface area contributed by atoms with Crippen molar-refractivity contribution in [2.45, 2.75) is 13.8 Å². The van der Waals surface area contributed by atoms with E-state index in [1.165, 1.54) is 4.68 Å². The van der Waals surface area contributed by atoms with Gasteiger partial charge in [-0.05, 0) is 26.0 Å². The molecule has 2 N–H and O–H groups in total. The lowest BCUT2D eigenvalue weighted by molar-refractivity contribution is 0.0926. The Morgan fingerprint density at radius 2 is 1.94 bits per heavy atom. The number of carbonyl (C=O) groups is 1. The fraction of sp³-hybridized carbons (Fsp3) is 0.231. The van der Waals surface area contributed by atoms with Gasteiger partial charge in [-0.3, -0.25) is 14.3 Å². The molecule has 0 unspecified atom stereocenters. The first kappa shape index (κ1) is 12.2. The van der Waals surface area contributed by atoms with Gasteiger partial charge in [0, 0.05) is 12.6 Å². The molecule has 5 heteroatoms. The lowest BCUT2D eigenvalue weighted by Crippen LogP contribution is -2.30. The van der Waals surface area contributed by atoms with Crippen LogP contribution in [0.25, 0.3) is 0 Å². The molecule has 0 spiro atoms. The second-order valence-corrected chi connectivity index (χ2v) is 4.31. The number of carbonyl (C=O) groups excluding carboxylic acids is 1. The van der Waals surface area contributed by atoms with E-state index in [4.69, 9.17) is 5.73 Å². The van der Waals surface area contributed by atoms with Crippen LogP contribution in [0.2, 0.25) is 0 Å². The average molecular weight is 245 g/mol. The molecular formula is C13H15N3O2. The van der Waals surface area contributed by atoms with Crippen LogP contribution in [0, 0.1) is 13.8 Å². The summed E-state index contributed by atoms with van der Waals surface area (Å²) in [5.74, 6) is -0.369. The van der Waals surface area contributed by atoms with Crippen LogP contribution in [0.15, 0.2) is 29.1 Å². The highest BCUT2D eigenvalue weighted by molar-refractivity contribution is 5.95. The van der Waals surface area contributed by atoms with E-state index in [-0.39, 0.29) is 11.6 Å². The first-order valence-electron chi connectivity index (χ1n) is 5.59. The molecule has 0 aliphatic rings. The maximum Gasteiger partial charge on any atom is 0.297 e. The summed E-state index contributed by atoms with van der Waals surface area (Å²) in [7, 11) is 1.64. The van der Waals surface area contributed by atoms with Crippen molar-refractivity contribution in [1.82, 2.24) is 9.36 Å². The summed E-state index contributed by atoms with van der Waals surface area (Å²) >= 11 is 0. The van der Waals surface area contributed by atoms with E-state index in [1.807, 2.05) is 13.0 Å². The van der Waals surface area contributed by atoms with Crippen LogP contribution >= 0.6 is 0 Å². The number of rotatable bonds is 1. The maximum absolute atomic E-state index is 12.3. The van der Waals surface area contributed by atoms with E-state index in [9.17, 15) is 9.59 Å². The summed E-state index contributed by atoms with van der Waals surface area (Å²) in [5.41, 5.74) is 7.30. The molecule has 1 aromatic carbocycles. The molecular weight excluding hydrogens is 230 g/mol. The molecule has 5 nitrogen and oxygen atoms in total. The van der Waals surface area contributed by atoms with Crippen LogP contribution in [0.4, 0.5) is 5.69 Å². The number of hydrogen-bond donors (Lipinski definition) is 1. The molecule has 1 aromatic heterocycles. The summed E-state index contributed by atoms with van der Waals surface area (Å²) in [5, 5.41) is 0. The number of nitrogens with two attached hydrogens (primary N) is 1. The Hall–Kier alpha value is -2.30. The zero-order chi connectivity index (χ0) is 13.4. The van der Waals surface area contributed by atoms with Crippen LogP contribution in [-0.4, -0.2) is 15.3 Å². The molecule has 0 aliphatic carbocycles. The van der Waals surface area contributed by atoms with Crippen LogP contribution in [-0.2, 0) is 7.05 Å². The van der Waals surface area contributed by atoms with E-state index in [2.05, 4.69) is 0 Å². The van der Waals surface area contributed by atoms with Crippen LogP contribution in [0.1, 0.15) is 21.6 Å². The molecule has 2 rings (SSSR count).